The quantitative estimate of drug-likeness (QED) is 0.446. The number of carbonyl (C=O) groups is 1. The lowest BCUT2D eigenvalue weighted by Crippen LogP contribution is -2.29. The summed E-state index contributed by atoms with van der Waals surface area (Å²) in [4.78, 5) is 11.0. The average molecular weight is 343 g/mol. The molecule has 0 atom stereocenters. The highest BCUT2D eigenvalue weighted by Crippen LogP contribution is 2.27. The number of anilines is 1. The zero-order valence-corrected chi connectivity index (χ0v) is 14.9. The second-order valence-corrected chi connectivity index (χ2v) is 6.02. The Balaban J connectivity index is 2.28. The summed E-state index contributed by atoms with van der Waals surface area (Å²) in [6.07, 6.45) is 3.20. The molecule has 0 unspecified atom stereocenters. The topological polar surface area (TPSA) is 50.4 Å². The predicted molar refractivity (Wildman–Crippen MR) is 95.6 cm³/mol. The molecule has 0 aliphatic carbocycles. The van der Waals surface area contributed by atoms with E-state index in [2.05, 4.69) is 21.4 Å². The van der Waals surface area contributed by atoms with Gasteiger partial charge in [0.2, 0.25) is 0 Å². The van der Waals surface area contributed by atoms with E-state index in [1.165, 1.54) is 7.11 Å². The standard InChI is InChI=1S/C16H23ClN2O2S/c1-11-9-12(2)15(13(17)10-11)19-16(22)18-8-6-4-5-7-14(20)21-3/h9-10H,4-8H2,1-3H3,(H2,18,19,22). The van der Waals surface area contributed by atoms with Gasteiger partial charge in [0.15, 0.2) is 5.11 Å². The highest BCUT2D eigenvalue weighted by Gasteiger charge is 2.07. The van der Waals surface area contributed by atoms with Crippen molar-refractivity contribution in [2.24, 2.45) is 0 Å². The van der Waals surface area contributed by atoms with E-state index in [-0.39, 0.29) is 5.97 Å². The smallest absolute Gasteiger partial charge is 0.305 e. The van der Waals surface area contributed by atoms with Crippen molar-refractivity contribution in [2.45, 2.75) is 39.5 Å². The van der Waals surface area contributed by atoms with Gasteiger partial charge in [-0.25, -0.2) is 0 Å². The van der Waals surface area contributed by atoms with Crippen LogP contribution in [0.2, 0.25) is 5.02 Å². The number of aryl methyl sites for hydroxylation is 2. The van der Waals surface area contributed by atoms with E-state index in [1.807, 2.05) is 19.9 Å². The van der Waals surface area contributed by atoms with Crippen LogP contribution in [0.25, 0.3) is 0 Å². The van der Waals surface area contributed by atoms with E-state index in [1.54, 1.807) is 0 Å². The molecule has 0 aliphatic rings. The number of ether oxygens (including phenoxy) is 1. The molecule has 122 valence electrons. The van der Waals surface area contributed by atoms with Crippen LogP contribution in [0.15, 0.2) is 12.1 Å². The molecule has 0 spiro atoms. The third kappa shape index (κ3) is 6.62. The maximum absolute atomic E-state index is 11.0. The first kappa shape index (κ1) is 18.7. The van der Waals surface area contributed by atoms with Gasteiger partial charge in [-0.2, -0.15) is 0 Å². The molecule has 2 N–H and O–H groups in total. The molecule has 22 heavy (non-hydrogen) atoms. The Morgan fingerprint density at radius 3 is 2.64 bits per heavy atom. The van der Waals surface area contributed by atoms with Gasteiger partial charge in [0, 0.05) is 13.0 Å². The van der Waals surface area contributed by atoms with Crippen LogP contribution in [0.4, 0.5) is 5.69 Å². The number of halogens is 1. The lowest BCUT2D eigenvalue weighted by molar-refractivity contribution is -0.140. The molecule has 0 aliphatic heterocycles. The molecule has 0 bridgehead atoms. The lowest BCUT2D eigenvalue weighted by atomic mass is 10.1. The number of methoxy groups -OCH3 is 1. The molecular formula is C16H23ClN2O2S. The van der Waals surface area contributed by atoms with Gasteiger partial charge in [-0.3, -0.25) is 4.79 Å². The summed E-state index contributed by atoms with van der Waals surface area (Å²) in [5, 5.41) is 7.51. The highest BCUT2D eigenvalue weighted by molar-refractivity contribution is 7.80. The Hall–Kier alpha value is -1.33. The molecule has 6 heteroatoms. The normalized spacial score (nSPS) is 10.2. The summed E-state index contributed by atoms with van der Waals surface area (Å²) >= 11 is 11.5. The number of carbonyl (C=O) groups excluding carboxylic acids is 1. The maximum Gasteiger partial charge on any atom is 0.305 e. The van der Waals surface area contributed by atoms with Gasteiger partial charge in [0.25, 0.3) is 0 Å². The van der Waals surface area contributed by atoms with Crippen LogP contribution in [0, 0.1) is 13.8 Å². The van der Waals surface area contributed by atoms with Gasteiger partial charge in [0.05, 0.1) is 17.8 Å². The Labute approximate surface area is 142 Å². The van der Waals surface area contributed by atoms with Gasteiger partial charge in [-0.15, -0.1) is 0 Å². The molecule has 4 nitrogen and oxygen atoms in total. The summed E-state index contributed by atoms with van der Waals surface area (Å²) in [6, 6.07) is 3.97. The first-order chi connectivity index (χ1) is 10.4. The number of hydrogen-bond donors (Lipinski definition) is 2. The molecule has 0 saturated carbocycles. The van der Waals surface area contributed by atoms with Crippen LogP contribution < -0.4 is 10.6 Å². The molecule has 0 heterocycles. The summed E-state index contributed by atoms with van der Waals surface area (Å²) in [7, 11) is 1.41. The second kappa shape index (κ2) is 9.64. The summed E-state index contributed by atoms with van der Waals surface area (Å²) in [5.41, 5.74) is 3.03. The fourth-order valence-corrected chi connectivity index (χ4v) is 2.68. The van der Waals surface area contributed by atoms with E-state index in [9.17, 15) is 4.79 Å². The Morgan fingerprint density at radius 2 is 2.00 bits per heavy atom. The number of rotatable bonds is 7. The lowest BCUT2D eigenvalue weighted by Gasteiger charge is -2.14. The van der Waals surface area contributed by atoms with Crippen molar-refractivity contribution in [3.63, 3.8) is 0 Å². The number of hydrogen-bond acceptors (Lipinski definition) is 3. The molecule has 0 aromatic heterocycles. The van der Waals surface area contributed by atoms with Crippen molar-refractivity contribution >= 4 is 40.6 Å². The van der Waals surface area contributed by atoms with Crippen LogP contribution in [0.3, 0.4) is 0 Å². The fraction of sp³-hybridized carbons (Fsp3) is 0.500. The zero-order chi connectivity index (χ0) is 16.5. The van der Waals surface area contributed by atoms with Crippen LogP contribution in [0.5, 0.6) is 0 Å². The van der Waals surface area contributed by atoms with Crippen LogP contribution in [-0.4, -0.2) is 24.7 Å². The second-order valence-electron chi connectivity index (χ2n) is 5.21. The molecule has 0 saturated heterocycles. The van der Waals surface area contributed by atoms with Gasteiger partial charge in [-0.05, 0) is 56.1 Å². The molecule has 1 rings (SSSR count). The SMILES string of the molecule is COC(=O)CCCCCNC(=S)Nc1c(C)cc(C)cc1Cl. The summed E-state index contributed by atoms with van der Waals surface area (Å²) < 4.78 is 4.59. The zero-order valence-electron chi connectivity index (χ0n) is 13.3. The summed E-state index contributed by atoms with van der Waals surface area (Å²) in [5.74, 6) is -0.158. The van der Waals surface area contributed by atoms with Crippen molar-refractivity contribution in [3.8, 4) is 0 Å². The maximum atomic E-state index is 11.0. The van der Waals surface area contributed by atoms with Gasteiger partial charge < -0.3 is 15.4 Å². The molecule has 0 fully saturated rings. The molecule has 1 aromatic rings. The largest absolute Gasteiger partial charge is 0.469 e. The number of esters is 1. The monoisotopic (exact) mass is 342 g/mol. The predicted octanol–water partition coefficient (Wildman–Crippen LogP) is 3.98. The van der Waals surface area contributed by atoms with E-state index in [0.717, 1.165) is 42.6 Å². The van der Waals surface area contributed by atoms with E-state index in [0.29, 0.717) is 16.6 Å². The number of thiocarbonyl (C=S) groups is 1. The minimum atomic E-state index is -0.158. The third-order valence-electron chi connectivity index (χ3n) is 3.24. The summed E-state index contributed by atoms with van der Waals surface area (Å²) in [6.45, 7) is 4.76. The first-order valence-corrected chi connectivity index (χ1v) is 8.11. The molecule has 0 radical (unpaired) electrons. The van der Waals surface area contributed by atoms with Gasteiger partial charge >= 0.3 is 5.97 Å². The van der Waals surface area contributed by atoms with Crippen molar-refractivity contribution in [1.29, 1.82) is 0 Å². The first-order valence-electron chi connectivity index (χ1n) is 7.32. The van der Waals surface area contributed by atoms with E-state index < -0.39 is 0 Å². The Bertz CT molecular complexity index is 512. The Kier molecular flexibility index (Phi) is 8.20. The molecule has 1 aromatic carbocycles. The highest BCUT2D eigenvalue weighted by atomic mass is 35.5. The van der Waals surface area contributed by atoms with Crippen molar-refractivity contribution in [1.82, 2.24) is 5.32 Å². The third-order valence-corrected chi connectivity index (χ3v) is 3.79. The number of nitrogens with one attached hydrogen (secondary N) is 2. The van der Waals surface area contributed by atoms with Crippen LogP contribution in [-0.2, 0) is 9.53 Å². The van der Waals surface area contributed by atoms with Gasteiger partial charge in [-0.1, -0.05) is 24.1 Å². The van der Waals surface area contributed by atoms with E-state index in [4.69, 9.17) is 23.8 Å². The minimum absolute atomic E-state index is 0.158. The molecular weight excluding hydrogens is 320 g/mol. The number of unbranched alkanes of at least 4 members (excludes halogenated alkanes) is 2. The van der Waals surface area contributed by atoms with Crippen molar-refractivity contribution < 1.29 is 9.53 Å². The molecule has 0 amide bonds. The van der Waals surface area contributed by atoms with Crippen molar-refractivity contribution in [3.05, 3.63) is 28.3 Å². The number of benzene rings is 1. The minimum Gasteiger partial charge on any atom is -0.469 e. The Morgan fingerprint density at radius 1 is 1.27 bits per heavy atom. The fourth-order valence-electron chi connectivity index (χ4n) is 2.11. The van der Waals surface area contributed by atoms with Crippen LogP contribution in [0.1, 0.15) is 36.8 Å². The van der Waals surface area contributed by atoms with Crippen LogP contribution >= 0.6 is 23.8 Å². The van der Waals surface area contributed by atoms with Gasteiger partial charge in [0.1, 0.15) is 0 Å². The van der Waals surface area contributed by atoms with Crippen molar-refractivity contribution in [2.75, 3.05) is 19.0 Å². The van der Waals surface area contributed by atoms with E-state index >= 15 is 0 Å². The average Bonchev–Trinajstić information content (AvgIpc) is 2.46.